The number of carbonyl (C=O) groups is 1. The van der Waals surface area contributed by atoms with E-state index in [2.05, 4.69) is 4.98 Å². The maximum Gasteiger partial charge on any atom is 0.433 e. The highest BCUT2D eigenvalue weighted by atomic mass is 35.5. The van der Waals surface area contributed by atoms with Crippen molar-refractivity contribution >= 4 is 17.9 Å². The first-order valence-corrected chi connectivity index (χ1v) is 4.11. The molecule has 1 rings (SSSR count). The van der Waals surface area contributed by atoms with Crippen molar-refractivity contribution in [1.82, 2.24) is 4.98 Å². The molecule has 1 atom stereocenters. The Balaban J connectivity index is 3.14. The Bertz CT molecular complexity index is 381. The Morgan fingerprint density at radius 1 is 1.47 bits per heavy atom. The molecule has 0 spiro atoms. The number of aliphatic hydroxyl groups excluding tert-OH is 1. The molecule has 15 heavy (non-hydrogen) atoms. The minimum Gasteiger partial charge on any atom is -0.381 e. The number of rotatable bonds is 2. The number of alkyl halides is 3. The topological polar surface area (TPSA) is 50.2 Å². The molecule has 0 radical (unpaired) electrons. The smallest absolute Gasteiger partial charge is 0.381 e. The number of hydrogen-bond acceptors (Lipinski definition) is 3. The zero-order valence-electron chi connectivity index (χ0n) is 7.12. The van der Waals surface area contributed by atoms with Gasteiger partial charge in [0, 0.05) is 5.56 Å². The highest BCUT2D eigenvalue weighted by Crippen LogP contribution is 2.30. The van der Waals surface area contributed by atoms with E-state index in [9.17, 15) is 18.0 Å². The normalized spacial score (nSPS) is 13.7. The van der Waals surface area contributed by atoms with Gasteiger partial charge in [-0.25, -0.2) is 4.98 Å². The molecule has 1 aromatic heterocycles. The quantitative estimate of drug-likeness (QED) is 0.634. The third kappa shape index (κ3) is 2.66. The van der Waals surface area contributed by atoms with Gasteiger partial charge in [0.25, 0.3) is 0 Å². The maximum atomic E-state index is 12.1. The lowest BCUT2D eigenvalue weighted by Crippen LogP contribution is -2.10. The molecule has 0 amide bonds. The number of aldehydes is 1. The third-order valence-electron chi connectivity index (χ3n) is 1.62. The fraction of sp³-hybridized carbons (Fsp3) is 0.250. The summed E-state index contributed by atoms with van der Waals surface area (Å²) in [6.45, 7) is 0. The third-order valence-corrected chi connectivity index (χ3v) is 1.92. The number of carbonyl (C=O) groups excluding carboxylic acids is 1. The molecule has 3 nitrogen and oxygen atoms in total. The molecule has 0 aliphatic heterocycles. The predicted molar refractivity (Wildman–Crippen MR) is 45.3 cm³/mol. The Morgan fingerprint density at radius 3 is 2.47 bits per heavy atom. The van der Waals surface area contributed by atoms with Crippen molar-refractivity contribution in [1.29, 1.82) is 0 Å². The largest absolute Gasteiger partial charge is 0.433 e. The Kier molecular flexibility index (Phi) is 3.31. The lowest BCUT2D eigenvalue weighted by molar-refractivity contribution is -0.141. The van der Waals surface area contributed by atoms with Crippen LogP contribution in [0.15, 0.2) is 12.1 Å². The lowest BCUT2D eigenvalue weighted by Gasteiger charge is -2.09. The summed E-state index contributed by atoms with van der Waals surface area (Å²) < 4.78 is 36.4. The minimum atomic E-state index is -4.60. The number of aliphatic hydroxyl groups is 1. The Labute approximate surface area is 87.5 Å². The minimum absolute atomic E-state index is 0.149. The van der Waals surface area contributed by atoms with E-state index in [0.717, 1.165) is 6.07 Å². The van der Waals surface area contributed by atoms with Crippen LogP contribution in [0.2, 0.25) is 5.15 Å². The molecule has 1 aromatic rings. The van der Waals surface area contributed by atoms with Gasteiger partial charge in [-0.2, -0.15) is 13.2 Å². The summed E-state index contributed by atoms with van der Waals surface area (Å²) in [5, 5.41) is 8.49. The highest BCUT2D eigenvalue weighted by Gasteiger charge is 2.33. The number of hydrogen-bond donors (Lipinski definition) is 1. The zero-order valence-corrected chi connectivity index (χ0v) is 7.88. The predicted octanol–water partition coefficient (Wildman–Crippen LogP) is 1.99. The molecular weight excluding hydrogens is 235 g/mol. The number of halogens is 4. The zero-order chi connectivity index (χ0) is 11.6. The molecule has 1 N–H and O–H groups in total. The van der Waals surface area contributed by atoms with Gasteiger partial charge in [-0.15, -0.1) is 0 Å². The molecule has 0 fully saturated rings. The monoisotopic (exact) mass is 239 g/mol. The summed E-state index contributed by atoms with van der Waals surface area (Å²) in [5.41, 5.74) is -1.32. The number of aromatic nitrogens is 1. The summed E-state index contributed by atoms with van der Waals surface area (Å²) in [6, 6.07) is 1.56. The SMILES string of the molecule is O=CC(O)c1ccc(C(F)(F)F)nc1Cl. The van der Waals surface area contributed by atoms with Gasteiger partial charge in [-0.3, -0.25) is 0 Å². The lowest BCUT2D eigenvalue weighted by atomic mass is 10.1. The van der Waals surface area contributed by atoms with Crippen LogP contribution in [0.1, 0.15) is 17.4 Å². The van der Waals surface area contributed by atoms with Crippen molar-refractivity contribution in [2.24, 2.45) is 0 Å². The van der Waals surface area contributed by atoms with Crippen molar-refractivity contribution in [3.8, 4) is 0 Å². The Hall–Kier alpha value is -1.14. The molecule has 0 saturated carbocycles. The molecule has 1 heterocycles. The van der Waals surface area contributed by atoms with Gasteiger partial charge in [0.15, 0.2) is 6.29 Å². The summed E-state index contributed by atoms with van der Waals surface area (Å²) >= 11 is 5.38. The molecule has 0 aliphatic rings. The van der Waals surface area contributed by atoms with E-state index in [4.69, 9.17) is 16.7 Å². The van der Waals surface area contributed by atoms with E-state index in [-0.39, 0.29) is 11.8 Å². The van der Waals surface area contributed by atoms with E-state index in [1.165, 1.54) is 0 Å². The Morgan fingerprint density at radius 2 is 2.07 bits per heavy atom. The van der Waals surface area contributed by atoms with Gasteiger partial charge in [-0.05, 0) is 6.07 Å². The van der Waals surface area contributed by atoms with Crippen molar-refractivity contribution in [2.75, 3.05) is 0 Å². The van der Waals surface area contributed by atoms with Crippen molar-refractivity contribution in [2.45, 2.75) is 12.3 Å². The van der Waals surface area contributed by atoms with E-state index >= 15 is 0 Å². The molecule has 1 unspecified atom stereocenters. The first-order chi connectivity index (χ1) is 6.86. The molecular formula is C8H5ClF3NO2. The summed E-state index contributed by atoms with van der Waals surface area (Å²) in [5.74, 6) is 0. The van der Waals surface area contributed by atoms with Crippen molar-refractivity contribution < 1.29 is 23.1 Å². The van der Waals surface area contributed by atoms with Crippen LogP contribution in [-0.2, 0) is 11.0 Å². The van der Waals surface area contributed by atoms with Gasteiger partial charge in [-0.1, -0.05) is 17.7 Å². The van der Waals surface area contributed by atoms with Gasteiger partial charge < -0.3 is 9.90 Å². The molecule has 0 aromatic carbocycles. The van der Waals surface area contributed by atoms with Crippen LogP contribution >= 0.6 is 11.6 Å². The van der Waals surface area contributed by atoms with E-state index in [1.54, 1.807) is 0 Å². The molecule has 0 saturated heterocycles. The second-order valence-electron chi connectivity index (χ2n) is 2.66. The van der Waals surface area contributed by atoms with Crippen LogP contribution in [0.4, 0.5) is 13.2 Å². The standard InChI is InChI=1S/C8H5ClF3NO2/c9-7-4(5(15)3-14)1-2-6(13-7)8(10,11)12/h1-3,5,15H. The van der Waals surface area contributed by atoms with Crippen LogP contribution in [-0.4, -0.2) is 16.4 Å². The van der Waals surface area contributed by atoms with Gasteiger partial charge in [0.05, 0.1) is 0 Å². The number of pyridine rings is 1. The van der Waals surface area contributed by atoms with Crippen molar-refractivity contribution in [3.05, 3.63) is 28.5 Å². The summed E-state index contributed by atoms with van der Waals surface area (Å²) in [4.78, 5) is 13.2. The first-order valence-electron chi connectivity index (χ1n) is 3.73. The van der Waals surface area contributed by atoms with Crippen LogP contribution in [0.3, 0.4) is 0 Å². The van der Waals surface area contributed by atoms with Crippen LogP contribution < -0.4 is 0 Å². The molecule has 7 heteroatoms. The maximum absolute atomic E-state index is 12.1. The fourth-order valence-corrected chi connectivity index (χ4v) is 1.16. The van der Waals surface area contributed by atoms with Crippen LogP contribution in [0.5, 0.6) is 0 Å². The van der Waals surface area contributed by atoms with E-state index in [0.29, 0.717) is 6.07 Å². The van der Waals surface area contributed by atoms with Crippen molar-refractivity contribution in [3.63, 3.8) is 0 Å². The first kappa shape index (κ1) is 11.9. The fourth-order valence-electron chi connectivity index (χ4n) is 0.897. The highest BCUT2D eigenvalue weighted by molar-refractivity contribution is 6.30. The van der Waals surface area contributed by atoms with Gasteiger partial charge >= 0.3 is 6.18 Å². The number of nitrogens with zero attached hydrogens (tertiary/aromatic N) is 1. The van der Waals surface area contributed by atoms with Crippen LogP contribution in [0.25, 0.3) is 0 Å². The van der Waals surface area contributed by atoms with Gasteiger partial charge in [0.2, 0.25) is 0 Å². The molecule has 0 bridgehead atoms. The van der Waals surface area contributed by atoms with Gasteiger partial charge in [0.1, 0.15) is 17.0 Å². The second kappa shape index (κ2) is 4.16. The van der Waals surface area contributed by atoms with E-state index < -0.39 is 23.1 Å². The molecule has 0 aliphatic carbocycles. The van der Waals surface area contributed by atoms with E-state index in [1.807, 2.05) is 0 Å². The summed E-state index contributed by atoms with van der Waals surface area (Å²) in [7, 11) is 0. The average molecular weight is 240 g/mol. The second-order valence-corrected chi connectivity index (χ2v) is 3.01. The average Bonchev–Trinajstić information content (AvgIpc) is 2.15. The summed E-state index contributed by atoms with van der Waals surface area (Å²) in [6.07, 6.45) is -6.02. The van der Waals surface area contributed by atoms with Crippen LogP contribution in [0, 0.1) is 0 Å². The molecule has 82 valence electrons.